The van der Waals surface area contributed by atoms with Crippen LogP contribution < -0.4 is 9.64 Å². The van der Waals surface area contributed by atoms with Crippen LogP contribution in [0.15, 0.2) is 66.9 Å². The van der Waals surface area contributed by atoms with Crippen LogP contribution in [-0.2, 0) is 14.9 Å². The fourth-order valence-electron chi connectivity index (χ4n) is 4.12. The van der Waals surface area contributed by atoms with E-state index in [1.807, 2.05) is 60.7 Å². The van der Waals surface area contributed by atoms with Crippen molar-refractivity contribution in [2.75, 3.05) is 31.9 Å². The molecule has 0 amide bonds. The summed E-state index contributed by atoms with van der Waals surface area (Å²) in [5, 5.41) is 18.5. The molecular formula is C24H25N3O4. The molecule has 1 aliphatic rings. The van der Waals surface area contributed by atoms with Gasteiger partial charge in [-0.3, -0.25) is 4.79 Å². The van der Waals surface area contributed by atoms with Crippen LogP contribution >= 0.6 is 0 Å². The summed E-state index contributed by atoms with van der Waals surface area (Å²) in [6, 6.07) is 19.1. The molecular weight excluding hydrogens is 394 g/mol. The maximum absolute atomic E-state index is 12.2. The minimum Gasteiger partial charge on any atom is -0.481 e. The SMILES string of the molecule is COCOc1ccccc1-c1cc(N2CCC(C(=O)O)(c3ccccc3)CC2)cnn1. The number of benzene rings is 2. The van der Waals surface area contributed by atoms with E-state index < -0.39 is 11.4 Å². The molecule has 0 aliphatic carbocycles. The van der Waals surface area contributed by atoms with Crippen molar-refractivity contribution in [1.82, 2.24) is 10.2 Å². The van der Waals surface area contributed by atoms with Gasteiger partial charge in [-0.05, 0) is 36.6 Å². The quantitative estimate of drug-likeness (QED) is 0.584. The molecule has 1 fully saturated rings. The summed E-state index contributed by atoms with van der Waals surface area (Å²) in [5.41, 5.74) is 2.44. The molecule has 0 bridgehead atoms. The van der Waals surface area contributed by atoms with Gasteiger partial charge < -0.3 is 19.5 Å². The van der Waals surface area contributed by atoms with E-state index in [9.17, 15) is 9.90 Å². The molecule has 0 atom stereocenters. The number of para-hydroxylation sites is 1. The number of ether oxygens (including phenoxy) is 2. The molecule has 160 valence electrons. The van der Waals surface area contributed by atoms with Crippen LogP contribution in [0.2, 0.25) is 0 Å². The highest BCUT2D eigenvalue weighted by Crippen LogP contribution is 2.38. The fraction of sp³-hybridized carbons (Fsp3) is 0.292. The Kier molecular flexibility index (Phi) is 6.13. The van der Waals surface area contributed by atoms with E-state index in [1.165, 1.54) is 0 Å². The maximum Gasteiger partial charge on any atom is 0.314 e. The lowest BCUT2D eigenvalue weighted by Crippen LogP contribution is -2.47. The fourth-order valence-corrected chi connectivity index (χ4v) is 4.12. The number of piperidine rings is 1. The van der Waals surface area contributed by atoms with Crippen molar-refractivity contribution in [3.8, 4) is 17.0 Å². The average molecular weight is 419 g/mol. The summed E-state index contributed by atoms with van der Waals surface area (Å²) in [7, 11) is 1.58. The van der Waals surface area contributed by atoms with Gasteiger partial charge in [0.05, 0.1) is 23.0 Å². The summed E-state index contributed by atoms with van der Waals surface area (Å²) in [4.78, 5) is 14.4. The number of anilines is 1. The molecule has 1 aromatic heterocycles. The number of rotatable bonds is 7. The molecule has 4 rings (SSSR count). The van der Waals surface area contributed by atoms with Gasteiger partial charge in [-0.1, -0.05) is 42.5 Å². The average Bonchev–Trinajstić information content (AvgIpc) is 2.83. The van der Waals surface area contributed by atoms with Gasteiger partial charge in [-0.15, -0.1) is 0 Å². The van der Waals surface area contributed by atoms with Crippen LogP contribution in [0.4, 0.5) is 5.69 Å². The van der Waals surface area contributed by atoms with Crippen LogP contribution in [0.3, 0.4) is 0 Å². The highest BCUT2D eigenvalue weighted by molar-refractivity contribution is 5.82. The lowest BCUT2D eigenvalue weighted by molar-refractivity contribution is -0.144. The Balaban J connectivity index is 1.56. The number of hydrogen-bond donors (Lipinski definition) is 1. The third-order valence-corrected chi connectivity index (χ3v) is 5.85. The van der Waals surface area contributed by atoms with Crippen LogP contribution in [-0.4, -0.2) is 48.3 Å². The van der Waals surface area contributed by atoms with Gasteiger partial charge in [0.1, 0.15) is 5.75 Å². The molecule has 7 heteroatoms. The number of nitrogens with zero attached hydrogens (tertiary/aromatic N) is 3. The molecule has 1 aliphatic heterocycles. The van der Waals surface area contributed by atoms with Crippen LogP contribution in [0.25, 0.3) is 11.3 Å². The van der Waals surface area contributed by atoms with Crippen LogP contribution in [0, 0.1) is 0 Å². The van der Waals surface area contributed by atoms with Crippen molar-refractivity contribution in [1.29, 1.82) is 0 Å². The number of carboxylic acids is 1. The summed E-state index contributed by atoms with van der Waals surface area (Å²) >= 11 is 0. The Hall–Kier alpha value is -3.45. The summed E-state index contributed by atoms with van der Waals surface area (Å²) in [6.07, 6.45) is 2.77. The van der Waals surface area contributed by atoms with Gasteiger partial charge in [0.25, 0.3) is 0 Å². The first kappa shape index (κ1) is 20.8. The molecule has 1 saturated heterocycles. The minimum absolute atomic E-state index is 0.146. The highest BCUT2D eigenvalue weighted by Gasteiger charge is 2.43. The third-order valence-electron chi connectivity index (χ3n) is 5.85. The maximum atomic E-state index is 12.2. The first-order valence-electron chi connectivity index (χ1n) is 10.2. The van der Waals surface area contributed by atoms with Gasteiger partial charge in [0.2, 0.25) is 0 Å². The normalized spacial score (nSPS) is 15.5. The Morgan fingerprint density at radius 2 is 1.81 bits per heavy atom. The van der Waals surface area contributed by atoms with E-state index in [0.29, 0.717) is 37.4 Å². The minimum atomic E-state index is -0.859. The summed E-state index contributed by atoms with van der Waals surface area (Å²) in [5.74, 6) is -0.0977. The molecule has 2 heterocycles. The molecule has 0 unspecified atom stereocenters. The van der Waals surface area contributed by atoms with E-state index in [4.69, 9.17) is 9.47 Å². The van der Waals surface area contributed by atoms with Gasteiger partial charge >= 0.3 is 5.97 Å². The zero-order chi connectivity index (χ0) is 21.7. The number of carbonyl (C=O) groups is 1. The molecule has 2 aromatic carbocycles. The van der Waals surface area contributed by atoms with Crippen molar-refractivity contribution in [2.24, 2.45) is 0 Å². The third kappa shape index (κ3) is 4.22. The summed E-state index contributed by atoms with van der Waals surface area (Å²) in [6.45, 7) is 1.38. The first-order chi connectivity index (χ1) is 15.1. The zero-order valence-electron chi connectivity index (χ0n) is 17.4. The number of aromatic nitrogens is 2. The Bertz CT molecular complexity index is 1030. The molecule has 31 heavy (non-hydrogen) atoms. The second-order valence-electron chi connectivity index (χ2n) is 7.59. The lowest BCUT2D eigenvalue weighted by atomic mass is 9.73. The first-order valence-corrected chi connectivity index (χ1v) is 10.2. The van der Waals surface area contributed by atoms with Crippen LogP contribution in [0.1, 0.15) is 18.4 Å². The van der Waals surface area contributed by atoms with Gasteiger partial charge in [0, 0.05) is 25.8 Å². The topological polar surface area (TPSA) is 84.8 Å². The molecule has 0 radical (unpaired) electrons. The molecule has 0 spiro atoms. The predicted molar refractivity (Wildman–Crippen MR) is 117 cm³/mol. The van der Waals surface area contributed by atoms with Crippen molar-refractivity contribution >= 4 is 11.7 Å². The monoisotopic (exact) mass is 419 g/mol. The van der Waals surface area contributed by atoms with Gasteiger partial charge in [0.15, 0.2) is 6.79 Å². The predicted octanol–water partition coefficient (Wildman–Crippen LogP) is 3.75. The van der Waals surface area contributed by atoms with E-state index in [0.717, 1.165) is 16.8 Å². The number of hydrogen-bond acceptors (Lipinski definition) is 6. The highest BCUT2D eigenvalue weighted by atomic mass is 16.7. The molecule has 1 N–H and O–H groups in total. The Labute approximate surface area is 181 Å². The second kappa shape index (κ2) is 9.14. The van der Waals surface area contributed by atoms with E-state index in [-0.39, 0.29) is 6.79 Å². The van der Waals surface area contributed by atoms with Crippen LogP contribution in [0.5, 0.6) is 5.75 Å². The zero-order valence-corrected chi connectivity index (χ0v) is 17.4. The largest absolute Gasteiger partial charge is 0.481 e. The number of methoxy groups -OCH3 is 1. The summed E-state index contributed by atoms with van der Waals surface area (Å²) < 4.78 is 10.7. The Morgan fingerprint density at radius 1 is 1.10 bits per heavy atom. The lowest BCUT2D eigenvalue weighted by Gasteiger charge is -2.40. The van der Waals surface area contributed by atoms with E-state index >= 15 is 0 Å². The van der Waals surface area contributed by atoms with E-state index in [1.54, 1.807) is 13.3 Å². The van der Waals surface area contributed by atoms with Gasteiger partial charge in [-0.2, -0.15) is 10.2 Å². The van der Waals surface area contributed by atoms with E-state index in [2.05, 4.69) is 15.1 Å². The number of aliphatic carboxylic acids is 1. The number of carboxylic acid groups (broad SMARTS) is 1. The second-order valence-corrected chi connectivity index (χ2v) is 7.59. The molecule has 3 aromatic rings. The molecule has 0 saturated carbocycles. The van der Waals surface area contributed by atoms with Crippen molar-refractivity contribution in [3.05, 3.63) is 72.4 Å². The standard InChI is InChI=1S/C24H25N3O4/c1-30-17-31-22-10-6-5-9-20(22)21-15-19(16-25-26-21)27-13-11-24(12-14-27,23(28)29)18-7-3-2-4-8-18/h2-10,15-16H,11-14,17H2,1H3,(H,28,29). The Morgan fingerprint density at radius 3 is 2.52 bits per heavy atom. The van der Waals surface area contributed by atoms with Crippen molar-refractivity contribution in [2.45, 2.75) is 18.3 Å². The van der Waals surface area contributed by atoms with Crippen molar-refractivity contribution < 1.29 is 19.4 Å². The van der Waals surface area contributed by atoms with Gasteiger partial charge in [-0.25, -0.2) is 0 Å². The molecule has 7 nitrogen and oxygen atoms in total. The smallest absolute Gasteiger partial charge is 0.314 e. The van der Waals surface area contributed by atoms with Crippen molar-refractivity contribution in [3.63, 3.8) is 0 Å².